The molecule has 0 bridgehead atoms. The van der Waals surface area contributed by atoms with Gasteiger partial charge in [-0.3, -0.25) is 9.69 Å². The van der Waals surface area contributed by atoms with Crippen LogP contribution in [0, 0.1) is 5.41 Å². The van der Waals surface area contributed by atoms with E-state index in [1.54, 1.807) is 0 Å². The van der Waals surface area contributed by atoms with E-state index in [0.29, 0.717) is 12.5 Å². The van der Waals surface area contributed by atoms with E-state index in [-0.39, 0.29) is 17.4 Å². The minimum Gasteiger partial charge on any atom is -0.341 e. The summed E-state index contributed by atoms with van der Waals surface area (Å²) >= 11 is 0. The molecule has 1 saturated heterocycles. The van der Waals surface area contributed by atoms with E-state index in [2.05, 4.69) is 39.5 Å². The van der Waals surface area contributed by atoms with Crippen molar-refractivity contribution in [1.29, 1.82) is 0 Å². The zero-order valence-corrected chi connectivity index (χ0v) is 13.3. The van der Waals surface area contributed by atoms with Gasteiger partial charge in [0.25, 0.3) is 0 Å². The number of hydrogen-bond donors (Lipinski definition) is 1. The van der Waals surface area contributed by atoms with Gasteiger partial charge in [0.15, 0.2) is 0 Å². The fourth-order valence-corrected chi connectivity index (χ4v) is 2.63. The molecule has 1 heterocycles. The quantitative estimate of drug-likeness (QED) is 0.826. The third kappa shape index (κ3) is 4.46. The van der Waals surface area contributed by atoms with Gasteiger partial charge in [0.2, 0.25) is 5.91 Å². The van der Waals surface area contributed by atoms with Crippen LogP contribution in [0.4, 0.5) is 0 Å². The summed E-state index contributed by atoms with van der Waals surface area (Å²) in [5.74, 6) is 0.220. The van der Waals surface area contributed by atoms with Crippen molar-refractivity contribution in [2.75, 3.05) is 26.2 Å². The Kier molecular flexibility index (Phi) is 5.81. The van der Waals surface area contributed by atoms with Crippen molar-refractivity contribution >= 4 is 5.91 Å². The van der Waals surface area contributed by atoms with Crippen LogP contribution in [0.15, 0.2) is 0 Å². The van der Waals surface area contributed by atoms with Crippen molar-refractivity contribution in [3.8, 4) is 0 Å². The highest BCUT2D eigenvalue weighted by Crippen LogP contribution is 2.22. The maximum atomic E-state index is 12.3. The summed E-state index contributed by atoms with van der Waals surface area (Å²) in [5.41, 5.74) is 6.10. The molecule has 1 rings (SSSR count). The predicted octanol–water partition coefficient (Wildman–Crippen LogP) is 1.69. The lowest BCUT2D eigenvalue weighted by Crippen LogP contribution is -2.42. The topological polar surface area (TPSA) is 49.6 Å². The number of amides is 1. The Balaban J connectivity index is 2.48. The molecule has 2 N–H and O–H groups in total. The zero-order valence-electron chi connectivity index (χ0n) is 13.3. The van der Waals surface area contributed by atoms with E-state index >= 15 is 0 Å². The molecule has 2 atom stereocenters. The average Bonchev–Trinajstić information content (AvgIpc) is 2.79. The Bertz CT molecular complexity index is 294. The number of hydrogen-bond acceptors (Lipinski definition) is 3. The summed E-state index contributed by atoms with van der Waals surface area (Å²) in [6.45, 7) is 14.5. The Labute approximate surface area is 118 Å². The number of nitrogens with two attached hydrogens (primary N) is 1. The first-order valence-electron chi connectivity index (χ1n) is 7.57. The van der Waals surface area contributed by atoms with E-state index in [9.17, 15) is 4.79 Å². The largest absolute Gasteiger partial charge is 0.341 e. The highest BCUT2D eigenvalue weighted by molar-refractivity contribution is 5.77. The molecular weight excluding hydrogens is 238 g/mol. The molecule has 0 spiro atoms. The monoisotopic (exact) mass is 269 g/mol. The Morgan fingerprint density at radius 2 is 1.95 bits per heavy atom. The van der Waals surface area contributed by atoms with Gasteiger partial charge in [-0.1, -0.05) is 34.6 Å². The van der Waals surface area contributed by atoms with Gasteiger partial charge in [-0.25, -0.2) is 0 Å². The third-order valence-electron chi connectivity index (χ3n) is 4.35. The SMILES string of the molecule is CCN(CC)C1CCN(C(=O)CC(N)C(C)(C)C)C1. The summed E-state index contributed by atoms with van der Waals surface area (Å²) in [6.07, 6.45) is 1.56. The second-order valence-electron chi connectivity index (χ2n) is 6.68. The molecular formula is C15H31N3O. The highest BCUT2D eigenvalue weighted by atomic mass is 16.2. The number of likely N-dealkylation sites (N-methyl/N-ethyl adjacent to an activating group) is 1. The normalized spacial score (nSPS) is 22.1. The molecule has 1 fully saturated rings. The fraction of sp³-hybridized carbons (Fsp3) is 0.933. The first-order valence-corrected chi connectivity index (χ1v) is 7.57. The van der Waals surface area contributed by atoms with Crippen LogP contribution in [0.5, 0.6) is 0 Å². The molecule has 0 aromatic carbocycles. The lowest BCUT2D eigenvalue weighted by Gasteiger charge is -2.29. The summed E-state index contributed by atoms with van der Waals surface area (Å²) in [7, 11) is 0. The molecule has 0 aromatic rings. The lowest BCUT2D eigenvalue weighted by atomic mass is 9.85. The predicted molar refractivity (Wildman–Crippen MR) is 80.0 cm³/mol. The van der Waals surface area contributed by atoms with Crippen molar-refractivity contribution in [2.24, 2.45) is 11.1 Å². The molecule has 0 aliphatic carbocycles. The summed E-state index contributed by atoms with van der Waals surface area (Å²) < 4.78 is 0. The Morgan fingerprint density at radius 1 is 1.37 bits per heavy atom. The number of carbonyl (C=O) groups is 1. The molecule has 0 aromatic heterocycles. The third-order valence-corrected chi connectivity index (χ3v) is 4.35. The molecule has 4 heteroatoms. The molecule has 0 saturated carbocycles. The highest BCUT2D eigenvalue weighted by Gasteiger charge is 2.31. The van der Waals surface area contributed by atoms with E-state index in [0.717, 1.165) is 32.6 Å². The van der Waals surface area contributed by atoms with Crippen LogP contribution in [-0.4, -0.2) is 54.0 Å². The van der Waals surface area contributed by atoms with Gasteiger partial charge in [0.05, 0.1) is 0 Å². The van der Waals surface area contributed by atoms with E-state index in [1.165, 1.54) is 0 Å². The Hall–Kier alpha value is -0.610. The zero-order chi connectivity index (χ0) is 14.6. The fourth-order valence-electron chi connectivity index (χ4n) is 2.63. The second kappa shape index (κ2) is 6.71. The molecule has 19 heavy (non-hydrogen) atoms. The van der Waals surface area contributed by atoms with Crippen molar-refractivity contribution in [3.63, 3.8) is 0 Å². The van der Waals surface area contributed by atoms with Crippen LogP contribution in [0.25, 0.3) is 0 Å². The van der Waals surface area contributed by atoms with E-state index < -0.39 is 0 Å². The second-order valence-corrected chi connectivity index (χ2v) is 6.68. The van der Waals surface area contributed by atoms with Crippen LogP contribution in [0.1, 0.15) is 47.5 Å². The lowest BCUT2D eigenvalue weighted by molar-refractivity contribution is -0.131. The number of carbonyl (C=O) groups excluding carboxylic acids is 1. The average molecular weight is 269 g/mol. The van der Waals surface area contributed by atoms with Gasteiger partial charge in [0.1, 0.15) is 0 Å². The smallest absolute Gasteiger partial charge is 0.224 e. The van der Waals surface area contributed by atoms with Crippen molar-refractivity contribution in [3.05, 3.63) is 0 Å². The van der Waals surface area contributed by atoms with Gasteiger partial charge >= 0.3 is 0 Å². The molecule has 4 nitrogen and oxygen atoms in total. The molecule has 112 valence electrons. The summed E-state index contributed by atoms with van der Waals surface area (Å²) in [5, 5.41) is 0. The van der Waals surface area contributed by atoms with Gasteiger partial charge in [-0.05, 0) is 24.9 Å². The molecule has 2 unspecified atom stereocenters. The Morgan fingerprint density at radius 3 is 2.42 bits per heavy atom. The van der Waals surface area contributed by atoms with E-state index in [1.807, 2.05) is 4.90 Å². The maximum absolute atomic E-state index is 12.3. The number of nitrogens with zero attached hydrogens (tertiary/aromatic N) is 2. The van der Waals surface area contributed by atoms with Gasteiger partial charge < -0.3 is 10.6 Å². The van der Waals surface area contributed by atoms with Crippen molar-refractivity contribution < 1.29 is 4.79 Å². The molecule has 1 amide bonds. The van der Waals surface area contributed by atoms with Crippen LogP contribution < -0.4 is 5.73 Å². The molecule has 1 aliphatic rings. The number of rotatable bonds is 5. The van der Waals surface area contributed by atoms with Crippen LogP contribution >= 0.6 is 0 Å². The van der Waals surface area contributed by atoms with Crippen LogP contribution in [-0.2, 0) is 4.79 Å². The van der Waals surface area contributed by atoms with Gasteiger partial charge in [0, 0.05) is 31.6 Å². The summed E-state index contributed by atoms with van der Waals surface area (Å²) in [6, 6.07) is 0.470. The minimum absolute atomic E-state index is 0.00629. The van der Waals surface area contributed by atoms with Gasteiger partial charge in [-0.2, -0.15) is 0 Å². The first-order chi connectivity index (χ1) is 8.79. The minimum atomic E-state index is -0.0625. The number of likely N-dealkylation sites (tertiary alicyclic amines) is 1. The van der Waals surface area contributed by atoms with Crippen molar-refractivity contribution in [1.82, 2.24) is 9.80 Å². The van der Waals surface area contributed by atoms with Crippen molar-refractivity contribution in [2.45, 2.75) is 59.5 Å². The van der Waals surface area contributed by atoms with Crippen LogP contribution in [0.2, 0.25) is 0 Å². The first kappa shape index (κ1) is 16.4. The maximum Gasteiger partial charge on any atom is 0.224 e. The standard InChI is InChI=1S/C15H31N3O/c1-6-17(7-2)12-8-9-18(11-12)14(19)10-13(16)15(3,4)5/h12-13H,6-11,16H2,1-5H3. The van der Waals surface area contributed by atoms with Crippen LogP contribution in [0.3, 0.4) is 0 Å². The summed E-state index contributed by atoms with van der Waals surface area (Å²) in [4.78, 5) is 16.7. The van der Waals surface area contributed by atoms with Gasteiger partial charge in [-0.15, -0.1) is 0 Å². The molecule has 1 aliphatic heterocycles. The van der Waals surface area contributed by atoms with E-state index in [4.69, 9.17) is 5.73 Å². The molecule has 0 radical (unpaired) electrons.